The third-order valence-electron chi connectivity index (χ3n) is 3.30. The molecule has 1 aliphatic heterocycles. The van der Waals surface area contributed by atoms with Crippen LogP contribution in [0.3, 0.4) is 0 Å². The second-order valence-electron chi connectivity index (χ2n) is 4.94. The number of benzene rings is 1. The summed E-state index contributed by atoms with van der Waals surface area (Å²) in [6, 6.07) is 1.05. The average molecular weight is 332 g/mol. The molecular weight excluding hydrogens is 320 g/mol. The zero-order valence-electron chi connectivity index (χ0n) is 11.7. The molecule has 0 unspecified atom stereocenters. The molecule has 0 bridgehead atoms. The van der Waals surface area contributed by atoms with Crippen LogP contribution in [0, 0.1) is 0 Å². The molecule has 2 rings (SSSR count). The molecule has 2 atom stereocenters. The SMILES string of the molecule is [N-]=[N+]=N[C@H]1COC[C@@H]1NC(=O)c1cc(CF)cc(C(F)(F)F)c1. The fourth-order valence-electron chi connectivity index (χ4n) is 2.18. The fourth-order valence-corrected chi connectivity index (χ4v) is 2.18. The van der Waals surface area contributed by atoms with Gasteiger partial charge in [0.2, 0.25) is 0 Å². The van der Waals surface area contributed by atoms with Gasteiger partial charge in [-0.25, -0.2) is 4.39 Å². The molecule has 1 aromatic carbocycles. The molecule has 1 fully saturated rings. The molecule has 23 heavy (non-hydrogen) atoms. The van der Waals surface area contributed by atoms with Gasteiger partial charge in [0.1, 0.15) is 6.67 Å². The highest BCUT2D eigenvalue weighted by atomic mass is 19.4. The number of ether oxygens (including phenoxy) is 1. The first-order valence-corrected chi connectivity index (χ1v) is 6.55. The predicted octanol–water partition coefficient (Wildman–Crippen LogP) is 2.98. The van der Waals surface area contributed by atoms with Crippen LogP contribution >= 0.6 is 0 Å². The summed E-state index contributed by atoms with van der Waals surface area (Å²) in [5, 5.41) is 5.88. The zero-order chi connectivity index (χ0) is 17.0. The van der Waals surface area contributed by atoms with Gasteiger partial charge in [-0.05, 0) is 29.3 Å². The molecule has 6 nitrogen and oxygen atoms in total. The number of azide groups is 1. The van der Waals surface area contributed by atoms with Gasteiger partial charge >= 0.3 is 6.18 Å². The van der Waals surface area contributed by atoms with Crippen LogP contribution in [0.25, 0.3) is 10.4 Å². The Bertz CT molecular complexity index is 643. The summed E-state index contributed by atoms with van der Waals surface area (Å²) in [6.07, 6.45) is -4.69. The number of hydrogen-bond donors (Lipinski definition) is 1. The van der Waals surface area contributed by atoms with Crippen LogP contribution < -0.4 is 5.32 Å². The highest BCUT2D eigenvalue weighted by Crippen LogP contribution is 2.31. The molecule has 1 heterocycles. The van der Waals surface area contributed by atoms with Gasteiger partial charge in [-0.1, -0.05) is 5.11 Å². The number of carbonyl (C=O) groups excluding carboxylic acids is 1. The van der Waals surface area contributed by atoms with Crippen molar-refractivity contribution in [2.24, 2.45) is 5.11 Å². The molecule has 0 aliphatic carbocycles. The number of carbonyl (C=O) groups is 1. The highest BCUT2D eigenvalue weighted by Gasteiger charge is 2.33. The van der Waals surface area contributed by atoms with E-state index in [1.807, 2.05) is 0 Å². The quantitative estimate of drug-likeness (QED) is 0.398. The minimum absolute atomic E-state index is 0.0738. The summed E-state index contributed by atoms with van der Waals surface area (Å²) in [6.45, 7) is -0.949. The van der Waals surface area contributed by atoms with Crippen LogP contribution in [0.15, 0.2) is 23.3 Å². The van der Waals surface area contributed by atoms with E-state index in [2.05, 4.69) is 15.3 Å². The summed E-state index contributed by atoms with van der Waals surface area (Å²) in [5.74, 6) is -0.820. The Balaban J connectivity index is 2.23. The summed E-state index contributed by atoms with van der Waals surface area (Å²) in [4.78, 5) is 14.7. The summed E-state index contributed by atoms with van der Waals surface area (Å²) in [5.41, 5.74) is 6.74. The first kappa shape index (κ1) is 17.0. The maximum atomic E-state index is 12.8. The number of hydrogen-bond acceptors (Lipinski definition) is 3. The van der Waals surface area contributed by atoms with E-state index in [1.165, 1.54) is 0 Å². The van der Waals surface area contributed by atoms with Gasteiger partial charge in [-0.2, -0.15) is 13.2 Å². The average Bonchev–Trinajstić information content (AvgIpc) is 2.93. The normalized spacial score (nSPS) is 20.9. The molecule has 1 aliphatic rings. The van der Waals surface area contributed by atoms with Crippen molar-refractivity contribution in [3.05, 3.63) is 45.3 Å². The Labute approximate surface area is 128 Å². The number of amides is 1. The third-order valence-corrected chi connectivity index (χ3v) is 3.30. The molecule has 1 aromatic rings. The van der Waals surface area contributed by atoms with Gasteiger partial charge in [0.15, 0.2) is 0 Å². The van der Waals surface area contributed by atoms with E-state index in [-0.39, 0.29) is 24.3 Å². The second-order valence-corrected chi connectivity index (χ2v) is 4.94. The van der Waals surface area contributed by atoms with Crippen LogP contribution in [0.4, 0.5) is 17.6 Å². The molecule has 0 radical (unpaired) electrons. The van der Waals surface area contributed by atoms with Crippen molar-refractivity contribution < 1.29 is 27.1 Å². The van der Waals surface area contributed by atoms with E-state index in [0.717, 1.165) is 6.07 Å². The lowest BCUT2D eigenvalue weighted by atomic mass is 10.0. The van der Waals surface area contributed by atoms with Crippen molar-refractivity contribution in [3.8, 4) is 0 Å². The first-order valence-electron chi connectivity index (χ1n) is 6.55. The summed E-state index contributed by atoms with van der Waals surface area (Å²) < 4.78 is 56.1. The Hall–Kier alpha value is -2.32. The number of nitrogens with one attached hydrogen (secondary N) is 1. The van der Waals surface area contributed by atoms with Gasteiger partial charge < -0.3 is 10.1 Å². The maximum Gasteiger partial charge on any atom is 0.416 e. The number of alkyl halides is 4. The Morgan fingerprint density at radius 2 is 2.13 bits per heavy atom. The van der Waals surface area contributed by atoms with Crippen molar-refractivity contribution in [2.45, 2.75) is 24.9 Å². The van der Waals surface area contributed by atoms with Crippen molar-refractivity contribution >= 4 is 5.91 Å². The minimum atomic E-state index is -4.69. The van der Waals surface area contributed by atoms with Crippen molar-refractivity contribution in [1.29, 1.82) is 0 Å². The second kappa shape index (κ2) is 6.84. The molecule has 1 saturated heterocycles. The zero-order valence-corrected chi connectivity index (χ0v) is 11.7. The monoisotopic (exact) mass is 332 g/mol. The van der Waals surface area contributed by atoms with Crippen LogP contribution in [0.5, 0.6) is 0 Å². The largest absolute Gasteiger partial charge is 0.416 e. The van der Waals surface area contributed by atoms with Gasteiger partial charge in [0, 0.05) is 10.5 Å². The topological polar surface area (TPSA) is 87.1 Å². The van der Waals surface area contributed by atoms with E-state index < -0.39 is 36.4 Å². The smallest absolute Gasteiger partial charge is 0.379 e. The minimum Gasteiger partial charge on any atom is -0.379 e. The van der Waals surface area contributed by atoms with Crippen molar-refractivity contribution in [2.75, 3.05) is 13.2 Å². The van der Waals surface area contributed by atoms with Crippen molar-refractivity contribution in [1.82, 2.24) is 5.32 Å². The van der Waals surface area contributed by atoms with E-state index in [9.17, 15) is 22.4 Å². The van der Waals surface area contributed by atoms with Gasteiger partial charge in [-0.3, -0.25) is 4.79 Å². The molecule has 0 saturated carbocycles. The predicted molar refractivity (Wildman–Crippen MR) is 71.3 cm³/mol. The third kappa shape index (κ3) is 4.11. The van der Waals surface area contributed by atoms with Crippen LogP contribution in [0.2, 0.25) is 0 Å². The molecule has 0 spiro atoms. The van der Waals surface area contributed by atoms with Gasteiger partial charge in [0.25, 0.3) is 5.91 Å². The lowest BCUT2D eigenvalue weighted by Gasteiger charge is -2.16. The van der Waals surface area contributed by atoms with E-state index >= 15 is 0 Å². The summed E-state index contributed by atoms with van der Waals surface area (Å²) in [7, 11) is 0. The molecule has 1 N–H and O–H groups in total. The van der Waals surface area contributed by atoms with Crippen LogP contribution in [0.1, 0.15) is 21.5 Å². The van der Waals surface area contributed by atoms with Gasteiger partial charge in [-0.15, -0.1) is 0 Å². The van der Waals surface area contributed by atoms with E-state index in [1.54, 1.807) is 0 Å². The Kier molecular flexibility index (Phi) is 5.07. The molecule has 10 heteroatoms. The lowest BCUT2D eigenvalue weighted by molar-refractivity contribution is -0.137. The molecule has 1 amide bonds. The number of rotatable bonds is 4. The number of nitrogens with zero attached hydrogens (tertiary/aromatic N) is 3. The lowest BCUT2D eigenvalue weighted by Crippen LogP contribution is -2.41. The summed E-state index contributed by atoms with van der Waals surface area (Å²) >= 11 is 0. The Morgan fingerprint density at radius 1 is 1.39 bits per heavy atom. The van der Waals surface area contributed by atoms with Crippen LogP contribution in [-0.4, -0.2) is 31.2 Å². The standard InChI is InChI=1S/C13H12F4N4O2/c14-4-7-1-8(3-9(2-7)13(15,16)17)12(22)19-10-5-23-6-11(10)20-21-18/h1-3,10-11H,4-6H2,(H,19,22)/t10-,11-/m0/s1. The van der Waals surface area contributed by atoms with Gasteiger partial charge in [0.05, 0.1) is 30.9 Å². The van der Waals surface area contributed by atoms with Crippen LogP contribution in [-0.2, 0) is 17.6 Å². The highest BCUT2D eigenvalue weighted by molar-refractivity contribution is 5.95. The van der Waals surface area contributed by atoms with E-state index in [4.69, 9.17) is 10.3 Å². The van der Waals surface area contributed by atoms with E-state index in [0.29, 0.717) is 12.1 Å². The number of halogens is 4. The molecule has 124 valence electrons. The van der Waals surface area contributed by atoms with Crippen molar-refractivity contribution in [3.63, 3.8) is 0 Å². The fraction of sp³-hybridized carbons (Fsp3) is 0.462. The Morgan fingerprint density at radius 3 is 2.74 bits per heavy atom. The molecular formula is C13H12F4N4O2. The maximum absolute atomic E-state index is 12.8. The molecule has 0 aromatic heterocycles. The first-order chi connectivity index (χ1) is 10.8.